The number of fused-ring (bicyclic) bond motifs is 1. The quantitative estimate of drug-likeness (QED) is 0.169. The van der Waals surface area contributed by atoms with Crippen LogP contribution >= 0.6 is 0 Å². The van der Waals surface area contributed by atoms with E-state index in [-0.39, 0.29) is 24.2 Å². The zero-order valence-corrected chi connectivity index (χ0v) is 28.7. The van der Waals surface area contributed by atoms with Crippen molar-refractivity contribution in [2.75, 3.05) is 7.11 Å². The van der Waals surface area contributed by atoms with E-state index in [2.05, 4.69) is 13.8 Å². The highest BCUT2D eigenvalue weighted by molar-refractivity contribution is 5.48. The van der Waals surface area contributed by atoms with Gasteiger partial charge in [-0.1, -0.05) is 80.6 Å². The maximum Gasteiger partial charge on any atom is 0.222 e. The summed E-state index contributed by atoms with van der Waals surface area (Å²) >= 11 is 0. The predicted octanol–water partition coefficient (Wildman–Crippen LogP) is 7.79. The first-order chi connectivity index (χ1) is 23.8. The molecule has 3 unspecified atom stereocenters. The zero-order chi connectivity index (χ0) is 34.0. The Labute approximate surface area is 289 Å². The number of benzene rings is 4. The summed E-state index contributed by atoms with van der Waals surface area (Å²) in [4.78, 5) is 0. The smallest absolute Gasteiger partial charge is 0.222 e. The third-order valence-electron chi connectivity index (χ3n) is 10.9. The fourth-order valence-corrected chi connectivity index (χ4v) is 7.76. The molecule has 0 amide bonds. The van der Waals surface area contributed by atoms with E-state index in [1.165, 1.54) is 6.42 Å². The Morgan fingerprint density at radius 1 is 0.857 bits per heavy atom. The van der Waals surface area contributed by atoms with Crippen LogP contribution in [0.1, 0.15) is 85.4 Å². The van der Waals surface area contributed by atoms with Crippen LogP contribution in [-0.2, 0) is 39.6 Å². The van der Waals surface area contributed by atoms with Crippen LogP contribution in [0.15, 0.2) is 97.1 Å². The van der Waals surface area contributed by atoms with Crippen molar-refractivity contribution in [3.8, 4) is 11.5 Å². The van der Waals surface area contributed by atoms with Gasteiger partial charge >= 0.3 is 0 Å². The van der Waals surface area contributed by atoms with Crippen molar-refractivity contribution in [3.05, 3.63) is 130 Å². The molecule has 2 aliphatic heterocycles. The van der Waals surface area contributed by atoms with Gasteiger partial charge in [-0.2, -0.15) is 0 Å². The molecule has 7 nitrogen and oxygen atoms in total. The van der Waals surface area contributed by atoms with Gasteiger partial charge in [-0.05, 0) is 91.1 Å². The number of hydrogen-bond acceptors (Lipinski definition) is 7. The Morgan fingerprint density at radius 3 is 2.18 bits per heavy atom. The monoisotopic (exact) mass is 664 g/mol. The fourth-order valence-electron chi connectivity index (χ4n) is 7.76. The third kappa shape index (κ3) is 6.75. The lowest BCUT2D eigenvalue weighted by Crippen LogP contribution is -2.61. The Morgan fingerprint density at radius 2 is 1.55 bits per heavy atom. The van der Waals surface area contributed by atoms with Crippen LogP contribution in [0.4, 0.5) is 0 Å². The highest BCUT2D eigenvalue weighted by Gasteiger charge is 2.55. The van der Waals surface area contributed by atoms with Crippen LogP contribution in [0.25, 0.3) is 0 Å². The minimum absolute atomic E-state index is 0.00420. The second-order valence-electron chi connectivity index (χ2n) is 14.0. The molecule has 6 atom stereocenters. The molecule has 0 bridgehead atoms. The fraction of sp³-hybridized carbons (Fsp3) is 0.429. The van der Waals surface area contributed by atoms with Crippen molar-refractivity contribution in [1.82, 2.24) is 0 Å². The summed E-state index contributed by atoms with van der Waals surface area (Å²) in [7, 11) is 1.59. The molecule has 0 aromatic heterocycles. The molecule has 2 N–H and O–H groups in total. The van der Waals surface area contributed by atoms with Crippen molar-refractivity contribution >= 4 is 0 Å². The number of hydrogen-bond donors (Lipinski definition) is 2. The van der Waals surface area contributed by atoms with Crippen LogP contribution < -0.4 is 9.47 Å². The van der Waals surface area contributed by atoms with E-state index in [1.807, 2.05) is 78.9 Å². The SMILES string of the molecule is CC[C@H]1OC(O)(c2ccc(OC)c(C(O)c3ccc4c(c3)CCC3(CCC3)O4)c2)[C@H](OCc2ccccc2)C(OCc2ccccc2)[C@@H]1C. The molecule has 1 spiro atoms. The maximum atomic E-state index is 12.8. The molecule has 4 aromatic rings. The van der Waals surface area contributed by atoms with Gasteiger partial charge < -0.3 is 33.9 Å². The van der Waals surface area contributed by atoms with E-state index in [4.69, 9.17) is 23.7 Å². The summed E-state index contributed by atoms with van der Waals surface area (Å²) in [6.45, 7) is 4.77. The van der Waals surface area contributed by atoms with Gasteiger partial charge in [0.2, 0.25) is 5.79 Å². The highest BCUT2D eigenvalue weighted by Crippen LogP contribution is 2.47. The Kier molecular flexibility index (Phi) is 9.82. The first-order valence-electron chi connectivity index (χ1n) is 17.7. The normalized spacial score (nSPS) is 26.3. The number of aryl methyl sites for hydroxylation is 1. The average molecular weight is 665 g/mol. The molecule has 4 aromatic carbocycles. The van der Waals surface area contributed by atoms with Crippen molar-refractivity contribution in [1.29, 1.82) is 0 Å². The van der Waals surface area contributed by atoms with Crippen LogP contribution in [0.2, 0.25) is 0 Å². The third-order valence-corrected chi connectivity index (χ3v) is 10.9. The van der Waals surface area contributed by atoms with Gasteiger partial charge in [-0.15, -0.1) is 0 Å². The molecule has 2 fully saturated rings. The molecule has 3 aliphatic rings. The Balaban J connectivity index is 1.23. The summed E-state index contributed by atoms with van der Waals surface area (Å²) in [6.07, 6.45) is 3.32. The first kappa shape index (κ1) is 33.8. The second kappa shape index (κ2) is 14.3. The van der Waals surface area contributed by atoms with Crippen molar-refractivity contribution < 1.29 is 33.9 Å². The molecule has 2 heterocycles. The van der Waals surface area contributed by atoms with Crippen molar-refractivity contribution in [2.45, 2.75) is 101 Å². The van der Waals surface area contributed by atoms with Crippen molar-refractivity contribution in [2.24, 2.45) is 5.92 Å². The number of rotatable bonds is 11. The minimum atomic E-state index is -1.88. The van der Waals surface area contributed by atoms with Gasteiger partial charge in [-0.25, -0.2) is 0 Å². The summed E-state index contributed by atoms with van der Waals surface area (Å²) in [6, 6.07) is 31.2. The standard InChI is InChI=1S/C42H48O7/c1-4-35-28(2)39(46-26-29-12-7-5-8-13-29)40(47-27-30-14-9-6-10-15-30)42(44,49-35)33-17-19-37(45-3)34(25-33)38(43)32-16-18-36-31(24-32)20-23-41(48-36)21-11-22-41/h5-10,12-19,24-25,28,35,38-40,43-44H,4,11,20-23,26-27H2,1-3H3/t28-,35-,38?,39?,40-,42?/m1/s1. The Bertz CT molecular complexity index is 1710. The van der Waals surface area contributed by atoms with Crippen LogP contribution in [0, 0.1) is 5.92 Å². The summed E-state index contributed by atoms with van der Waals surface area (Å²) in [5.41, 5.74) is 4.84. The summed E-state index contributed by atoms with van der Waals surface area (Å²) < 4.78 is 32.1. The van der Waals surface area contributed by atoms with Crippen molar-refractivity contribution in [3.63, 3.8) is 0 Å². The first-order valence-corrected chi connectivity index (χ1v) is 17.7. The van der Waals surface area contributed by atoms with E-state index in [0.717, 1.165) is 53.7 Å². The second-order valence-corrected chi connectivity index (χ2v) is 14.0. The zero-order valence-electron chi connectivity index (χ0n) is 28.7. The highest BCUT2D eigenvalue weighted by atomic mass is 16.7. The summed E-state index contributed by atoms with van der Waals surface area (Å²) in [5, 5.41) is 24.7. The number of methoxy groups -OCH3 is 1. The number of aliphatic hydroxyl groups is 2. The lowest BCUT2D eigenvalue weighted by Gasteiger charge is -2.50. The average Bonchev–Trinajstić information content (AvgIpc) is 3.13. The molecular weight excluding hydrogens is 616 g/mol. The van der Waals surface area contributed by atoms with Crippen LogP contribution in [0.5, 0.6) is 11.5 Å². The topological polar surface area (TPSA) is 86.6 Å². The molecule has 258 valence electrons. The van der Waals surface area contributed by atoms with E-state index in [9.17, 15) is 10.2 Å². The van der Waals surface area contributed by atoms with E-state index in [1.54, 1.807) is 25.3 Å². The van der Waals surface area contributed by atoms with E-state index >= 15 is 0 Å². The van der Waals surface area contributed by atoms with Gasteiger partial charge in [0, 0.05) is 17.0 Å². The molecule has 1 saturated carbocycles. The van der Waals surface area contributed by atoms with Gasteiger partial charge in [0.05, 0.1) is 32.5 Å². The molecule has 7 rings (SSSR count). The number of aliphatic hydroxyl groups excluding tert-OH is 1. The molecule has 0 radical (unpaired) electrons. The largest absolute Gasteiger partial charge is 0.496 e. The molecular formula is C42H48O7. The molecule has 1 aliphatic carbocycles. The molecule has 1 saturated heterocycles. The number of ether oxygens (including phenoxy) is 5. The van der Waals surface area contributed by atoms with Gasteiger partial charge in [0.1, 0.15) is 29.3 Å². The van der Waals surface area contributed by atoms with Gasteiger partial charge in [0.15, 0.2) is 0 Å². The van der Waals surface area contributed by atoms with Crippen LogP contribution in [0.3, 0.4) is 0 Å². The van der Waals surface area contributed by atoms with E-state index < -0.39 is 24.1 Å². The lowest BCUT2D eigenvalue weighted by molar-refractivity contribution is -0.361. The predicted molar refractivity (Wildman–Crippen MR) is 187 cm³/mol. The van der Waals surface area contributed by atoms with Crippen LogP contribution in [-0.4, -0.2) is 41.2 Å². The molecule has 7 heteroatoms. The minimum Gasteiger partial charge on any atom is -0.496 e. The lowest BCUT2D eigenvalue weighted by atomic mass is 9.74. The molecule has 49 heavy (non-hydrogen) atoms. The summed E-state index contributed by atoms with van der Waals surface area (Å²) in [5.74, 6) is -0.538. The Hall–Kier alpha value is -3.72. The van der Waals surface area contributed by atoms with Gasteiger partial charge in [0.25, 0.3) is 0 Å². The maximum absolute atomic E-state index is 12.8. The van der Waals surface area contributed by atoms with Gasteiger partial charge in [-0.3, -0.25) is 0 Å². The van der Waals surface area contributed by atoms with E-state index in [0.29, 0.717) is 29.9 Å².